The molecule has 0 bridgehead atoms. The van der Waals surface area contributed by atoms with Crippen LogP contribution in [0, 0.1) is 0 Å². The van der Waals surface area contributed by atoms with Crippen LogP contribution in [0.3, 0.4) is 0 Å². The van der Waals surface area contributed by atoms with Gasteiger partial charge in [0.2, 0.25) is 0 Å². The molecule has 0 amide bonds. The second-order valence-corrected chi connectivity index (χ2v) is 5.30. The lowest BCUT2D eigenvalue weighted by Crippen LogP contribution is -2.15. The van der Waals surface area contributed by atoms with Crippen LogP contribution in [0.25, 0.3) is 0 Å². The van der Waals surface area contributed by atoms with E-state index in [9.17, 15) is 19.2 Å². The molecule has 2 aromatic rings. The van der Waals surface area contributed by atoms with Gasteiger partial charge in [-0.2, -0.15) is 0 Å². The number of nitrogens with two attached hydrogens (primary N) is 2. The van der Waals surface area contributed by atoms with Crippen molar-refractivity contribution in [1.82, 2.24) is 0 Å². The topological polar surface area (TPSA) is 139 Å². The van der Waals surface area contributed by atoms with Gasteiger partial charge in [-0.05, 0) is 24.3 Å². The summed E-state index contributed by atoms with van der Waals surface area (Å²) in [6.07, 6.45) is -0.291. The Balaban J connectivity index is 1.78. The van der Waals surface area contributed by atoms with Crippen molar-refractivity contribution >= 4 is 34.9 Å². The van der Waals surface area contributed by atoms with Crippen LogP contribution in [-0.2, 0) is 9.78 Å². The summed E-state index contributed by atoms with van der Waals surface area (Å²) in [5.41, 5.74) is 11.4. The quantitative estimate of drug-likeness (QED) is 0.363. The zero-order valence-corrected chi connectivity index (χ0v) is 12.8. The van der Waals surface area contributed by atoms with Crippen molar-refractivity contribution in [3.8, 4) is 0 Å². The monoisotopic (exact) mass is 340 g/mol. The van der Waals surface area contributed by atoms with E-state index in [1.54, 1.807) is 12.1 Å². The van der Waals surface area contributed by atoms with E-state index in [1.165, 1.54) is 24.3 Å². The van der Waals surface area contributed by atoms with Crippen molar-refractivity contribution in [3.05, 3.63) is 58.7 Å². The Hall–Kier alpha value is -3.68. The minimum Gasteiger partial charge on any atom is -0.398 e. The van der Waals surface area contributed by atoms with E-state index in [4.69, 9.17) is 11.5 Å². The normalized spacial score (nSPS) is 12.6. The highest BCUT2D eigenvalue weighted by Gasteiger charge is 2.32. The fourth-order valence-electron chi connectivity index (χ4n) is 2.51. The van der Waals surface area contributed by atoms with Crippen molar-refractivity contribution in [2.45, 2.75) is 6.42 Å². The van der Waals surface area contributed by atoms with Gasteiger partial charge in [-0.1, -0.05) is 12.1 Å². The van der Waals surface area contributed by atoms with E-state index in [2.05, 4.69) is 9.78 Å². The SMILES string of the molecule is Nc1ccccc1C(=O)OOC(=O)c1ccc2c(c1N)C(=O)CC2=O. The van der Waals surface area contributed by atoms with Gasteiger partial charge in [0.05, 0.1) is 28.8 Å². The maximum absolute atomic E-state index is 12.1. The number of carbonyl (C=O) groups excluding carboxylic acids is 4. The molecule has 0 aliphatic heterocycles. The molecule has 0 heterocycles. The number of para-hydroxylation sites is 1. The van der Waals surface area contributed by atoms with Crippen LogP contribution in [0.1, 0.15) is 47.9 Å². The predicted octanol–water partition coefficient (Wildman–Crippen LogP) is 1.55. The average Bonchev–Trinajstić information content (AvgIpc) is 2.88. The van der Waals surface area contributed by atoms with Gasteiger partial charge >= 0.3 is 11.9 Å². The molecule has 0 saturated carbocycles. The summed E-state index contributed by atoms with van der Waals surface area (Å²) < 4.78 is 0. The Bertz CT molecular complexity index is 935. The van der Waals surface area contributed by atoms with Crippen molar-refractivity contribution in [2.75, 3.05) is 11.5 Å². The van der Waals surface area contributed by atoms with Crippen molar-refractivity contribution < 1.29 is 29.0 Å². The maximum Gasteiger partial charge on any atom is 0.388 e. The summed E-state index contributed by atoms with van der Waals surface area (Å²) in [6, 6.07) is 8.63. The van der Waals surface area contributed by atoms with Gasteiger partial charge in [0.15, 0.2) is 11.6 Å². The standard InChI is InChI=1S/C17H12N2O6/c18-11-4-2-1-3-8(11)16(22)24-25-17(23)10-6-5-9-12(20)7-13(21)14(9)15(10)19/h1-6H,7,18-19H2. The second-order valence-electron chi connectivity index (χ2n) is 5.30. The molecule has 0 spiro atoms. The Kier molecular flexibility index (Phi) is 3.94. The Morgan fingerprint density at radius 2 is 1.48 bits per heavy atom. The minimum atomic E-state index is -1.07. The first kappa shape index (κ1) is 16.2. The number of hydrogen-bond acceptors (Lipinski definition) is 8. The highest BCUT2D eigenvalue weighted by Crippen LogP contribution is 2.30. The molecule has 25 heavy (non-hydrogen) atoms. The highest BCUT2D eigenvalue weighted by molar-refractivity contribution is 6.27. The molecule has 0 fully saturated rings. The summed E-state index contributed by atoms with van der Waals surface area (Å²) >= 11 is 0. The van der Waals surface area contributed by atoms with Crippen LogP contribution >= 0.6 is 0 Å². The predicted molar refractivity (Wildman–Crippen MR) is 85.8 cm³/mol. The first-order valence-corrected chi connectivity index (χ1v) is 7.16. The van der Waals surface area contributed by atoms with Crippen LogP contribution in [0.5, 0.6) is 0 Å². The van der Waals surface area contributed by atoms with Gasteiger partial charge in [0, 0.05) is 11.3 Å². The molecule has 8 nitrogen and oxygen atoms in total. The molecule has 2 aromatic carbocycles. The molecule has 0 saturated heterocycles. The lowest BCUT2D eigenvalue weighted by Gasteiger charge is -2.08. The van der Waals surface area contributed by atoms with Gasteiger partial charge in [-0.3, -0.25) is 9.59 Å². The minimum absolute atomic E-state index is 0.0157. The number of benzene rings is 2. The zero-order valence-electron chi connectivity index (χ0n) is 12.8. The number of carbonyl (C=O) groups is 4. The average molecular weight is 340 g/mol. The summed E-state index contributed by atoms with van der Waals surface area (Å²) in [7, 11) is 0. The van der Waals surface area contributed by atoms with Crippen LogP contribution in [0.4, 0.5) is 11.4 Å². The van der Waals surface area contributed by atoms with E-state index in [0.29, 0.717) is 0 Å². The largest absolute Gasteiger partial charge is 0.398 e. The summed E-state index contributed by atoms with van der Waals surface area (Å²) in [4.78, 5) is 56.3. The number of anilines is 2. The number of rotatable bonds is 2. The molecule has 0 radical (unpaired) electrons. The molecule has 0 atom stereocenters. The molecular formula is C17H12N2O6. The number of Topliss-reactive ketones (excluding diaryl/α,β-unsaturated/α-hetero) is 2. The molecule has 126 valence electrons. The lowest BCUT2D eigenvalue weighted by atomic mass is 10.0. The number of ketones is 2. The zero-order chi connectivity index (χ0) is 18.1. The first-order chi connectivity index (χ1) is 11.9. The van der Waals surface area contributed by atoms with Gasteiger partial charge in [0.1, 0.15) is 0 Å². The van der Waals surface area contributed by atoms with E-state index in [1.807, 2.05) is 0 Å². The van der Waals surface area contributed by atoms with Crippen molar-refractivity contribution in [1.29, 1.82) is 0 Å². The van der Waals surface area contributed by atoms with Gasteiger partial charge in [-0.25, -0.2) is 19.4 Å². The van der Waals surface area contributed by atoms with Crippen LogP contribution in [-0.4, -0.2) is 23.5 Å². The van der Waals surface area contributed by atoms with E-state index in [0.717, 1.165) is 0 Å². The molecule has 1 aliphatic carbocycles. The van der Waals surface area contributed by atoms with Crippen molar-refractivity contribution in [2.24, 2.45) is 0 Å². The maximum atomic E-state index is 12.1. The third-order valence-electron chi connectivity index (χ3n) is 3.74. The number of fused-ring (bicyclic) bond motifs is 1. The lowest BCUT2D eigenvalue weighted by molar-refractivity contribution is -0.187. The third kappa shape index (κ3) is 2.80. The molecule has 0 unspecified atom stereocenters. The first-order valence-electron chi connectivity index (χ1n) is 7.16. The van der Waals surface area contributed by atoms with Crippen molar-refractivity contribution in [3.63, 3.8) is 0 Å². The van der Waals surface area contributed by atoms with Gasteiger partial charge in [0.25, 0.3) is 0 Å². The fourth-order valence-corrected chi connectivity index (χ4v) is 2.51. The summed E-state index contributed by atoms with van der Waals surface area (Å²) in [5.74, 6) is -2.87. The Morgan fingerprint density at radius 3 is 2.16 bits per heavy atom. The molecule has 0 aromatic heterocycles. The highest BCUT2D eigenvalue weighted by atomic mass is 17.2. The third-order valence-corrected chi connectivity index (χ3v) is 3.74. The van der Waals surface area contributed by atoms with E-state index in [-0.39, 0.29) is 45.8 Å². The Labute approximate surface area is 141 Å². The van der Waals surface area contributed by atoms with Gasteiger partial charge in [-0.15, -0.1) is 0 Å². The summed E-state index contributed by atoms with van der Waals surface area (Å²) in [5, 5.41) is 0. The molecule has 1 aliphatic rings. The number of nitrogen functional groups attached to an aromatic ring is 2. The molecule has 8 heteroatoms. The Morgan fingerprint density at radius 1 is 0.840 bits per heavy atom. The van der Waals surface area contributed by atoms with E-state index >= 15 is 0 Å². The molecule has 3 rings (SSSR count). The van der Waals surface area contributed by atoms with Crippen LogP contribution in [0.2, 0.25) is 0 Å². The second kappa shape index (κ2) is 6.08. The van der Waals surface area contributed by atoms with E-state index < -0.39 is 17.7 Å². The number of hydrogen-bond donors (Lipinski definition) is 2. The smallest absolute Gasteiger partial charge is 0.388 e. The van der Waals surface area contributed by atoms with Gasteiger partial charge < -0.3 is 11.5 Å². The van der Waals surface area contributed by atoms with Crippen LogP contribution in [0.15, 0.2) is 36.4 Å². The molecular weight excluding hydrogens is 328 g/mol. The summed E-state index contributed by atoms with van der Waals surface area (Å²) in [6.45, 7) is 0. The van der Waals surface area contributed by atoms with Crippen LogP contribution < -0.4 is 11.5 Å². The fraction of sp³-hybridized carbons (Fsp3) is 0.0588. The molecule has 4 N–H and O–H groups in total.